The molecule has 4 heteroatoms. The van der Waals surface area contributed by atoms with Crippen LogP contribution in [0.3, 0.4) is 0 Å². The van der Waals surface area contributed by atoms with Gasteiger partial charge in [0.2, 0.25) is 0 Å². The van der Waals surface area contributed by atoms with Gasteiger partial charge in [-0.05, 0) is 19.4 Å². The molecule has 0 spiro atoms. The lowest BCUT2D eigenvalue weighted by Gasteiger charge is -1.99. The van der Waals surface area contributed by atoms with Crippen molar-refractivity contribution < 1.29 is 14.3 Å². The van der Waals surface area contributed by atoms with Gasteiger partial charge in [-0.1, -0.05) is 13.0 Å². The summed E-state index contributed by atoms with van der Waals surface area (Å²) >= 11 is 0. The molecule has 1 N–H and O–H groups in total. The van der Waals surface area contributed by atoms with E-state index in [1.807, 2.05) is 6.92 Å². The fraction of sp³-hybridized carbons (Fsp3) is 0.273. The van der Waals surface area contributed by atoms with Crippen LogP contribution >= 0.6 is 0 Å². The van der Waals surface area contributed by atoms with Crippen LogP contribution in [0.2, 0.25) is 0 Å². The predicted octanol–water partition coefficient (Wildman–Crippen LogP) is 1.80. The number of hydrogen-bond acceptors (Lipinski definition) is 4. The van der Waals surface area contributed by atoms with E-state index in [0.717, 1.165) is 0 Å². The van der Waals surface area contributed by atoms with E-state index in [1.165, 1.54) is 19.1 Å². The van der Waals surface area contributed by atoms with Crippen molar-refractivity contribution in [3.63, 3.8) is 0 Å². The first-order valence-electron chi connectivity index (χ1n) is 4.60. The van der Waals surface area contributed by atoms with Gasteiger partial charge in [-0.2, -0.15) is 0 Å². The molecular formula is C11H12O4. The lowest BCUT2D eigenvalue weighted by atomic mass is 10.1. The summed E-state index contributed by atoms with van der Waals surface area (Å²) in [6, 6.07) is 1.24. The summed E-state index contributed by atoms with van der Waals surface area (Å²) < 4.78 is 4.72. The van der Waals surface area contributed by atoms with Crippen molar-refractivity contribution in [2.24, 2.45) is 0 Å². The van der Waals surface area contributed by atoms with Gasteiger partial charge in [0.05, 0.1) is 0 Å². The second kappa shape index (κ2) is 4.59. The monoisotopic (exact) mass is 208 g/mol. The van der Waals surface area contributed by atoms with Gasteiger partial charge in [0.1, 0.15) is 17.1 Å². The highest BCUT2D eigenvalue weighted by Crippen LogP contribution is 2.15. The molecule has 0 fully saturated rings. The van der Waals surface area contributed by atoms with Crippen molar-refractivity contribution in [1.82, 2.24) is 0 Å². The average molecular weight is 208 g/mol. The van der Waals surface area contributed by atoms with E-state index in [9.17, 15) is 14.7 Å². The SMILES string of the molecule is CC/C=C/C(=O)c1c(O)cc(C)oc1=O. The van der Waals surface area contributed by atoms with Crippen LogP contribution in [0, 0.1) is 6.92 Å². The fourth-order valence-corrected chi connectivity index (χ4v) is 1.13. The molecule has 0 aromatic carbocycles. The smallest absolute Gasteiger partial charge is 0.351 e. The van der Waals surface area contributed by atoms with Gasteiger partial charge in [-0.15, -0.1) is 0 Å². The summed E-state index contributed by atoms with van der Waals surface area (Å²) in [5.41, 5.74) is -1.12. The van der Waals surface area contributed by atoms with Gasteiger partial charge >= 0.3 is 5.63 Å². The molecule has 0 aliphatic heterocycles. The second-order valence-electron chi connectivity index (χ2n) is 3.08. The molecule has 4 nitrogen and oxygen atoms in total. The highest BCUT2D eigenvalue weighted by Gasteiger charge is 2.15. The highest BCUT2D eigenvalue weighted by molar-refractivity contribution is 6.05. The summed E-state index contributed by atoms with van der Waals surface area (Å²) in [5, 5.41) is 9.43. The molecule has 0 unspecified atom stereocenters. The van der Waals surface area contributed by atoms with Gasteiger partial charge in [-0.25, -0.2) is 4.79 Å². The lowest BCUT2D eigenvalue weighted by molar-refractivity contribution is 0.104. The third kappa shape index (κ3) is 2.56. The molecular weight excluding hydrogens is 196 g/mol. The van der Waals surface area contributed by atoms with Gasteiger partial charge in [-0.3, -0.25) is 4.79 Å². The Morgan fingerprint density at radius 2 is 2.27 bits per heavy atom. The minimum absolute atomic E-state index is 0.272. The van der Waals surface area contributed by atoms with E-state index in [1.54, 1.807) is 6.08 Å². The Labute approximate surface area is 86.9 Å². The minimum atomic E-state index is -0.807. The first-order chi connectivity index (χ1) is 7.06. The number of carbonyl (C=O) groups is 1. The van der Waals surface area contributed by atoms with E-state index in [0.29, 0.717) is 6.42 Å². The fourth-order valence-electron chi connectivity index (χ4n) is 1.13. The Hall–Kier alpha value is -1.84. The van der Waals surface area contributed by atoms with Gasteiger partial charge in [0.15, 0.2) is 5.78 Å². The normalized spacial score (nSPS) is 10.8. The van der Waals surface area contributed by atoms with Crippen LogP contribution in [-0.2, 0) is 0 Å². The molecule has 0 aliphatic rings. The Morgan fingerprint density at radius 3 is 2.80 bits per heavy atom. The molecule has 0 atom stereocenters. The summed E-state index contributed by atoms with van der Waals surface area (Å²) in [4.78, 5) is 22.7. The Morgan fingerprint density at radius 1 is 1.60 bits per heavy atom. The van der Waals surface area contributed by atoms with Crippen molar-refractivity contribution in [2.75, 3.05) is 0 Å². The molecule has 1 aromatic heterocycles. The maximum absolute atomic E-state index is 11.4. The molecule has 0 saturated heterocycles. The average Bonchev–Trinajstić information content (AvgIpc) is 2.12. The maximum Gasteiger partial charge on any atom is 0.351 e. The zero-order chi connectivity index (χ0) is 11.4. The van der Waals surface area contributed by atoms with E-state index in [2.05, 4.69) is 0 Å². The zero-order valence-electron chi connectivity index (χ0n) is 8.61. The summed E-state index contributed by atoms with van der Waals surface area (Å²) in [5.74, 6) is -0.605. The van der Waals surface area contributed by atoms with E-state index < -0.39 is 11.4 Å². The number of carbonyl (C=O) groups excluding carboxylic acids is 1. The molecule has 0 aliphatic carbocycles. The Bertz CT molecular complexity index is 454. The van der Waals surface area contributed by atoms with Gasteiger partial charge < -0.3 is 9.52 Å². The summed E-state index contributed by atoms with van der Waals surface area (Å²) in [7, 11) is 0. The number of hydrogen-bond donors (Lipinski definition) is 1. The third-order valence-corrected chi connectivity index (χ3v) is 1.81. The largest absolute Gasteiger partial charge is 0.507 e. The first kappa shape index (κ1) is 11.2. The number of ketones is 1. The molecule has 0 amide bonds. The topological polar surface area (TPSA) is 67.5 Å². The van der Waals surface area contributed by atoms with Gasteiger partial charge in [0, 0.05) is 6.07 Å². The molecule has 1 rings (SSSR count). The quantitative estimate of drug-likeness (QED) is 0.607. The van der Waals surface area contributed by atoms with Crippen molar-refractivity contribution in [3.8, 4) is 5.75 Å². The van der Waals surface area contributed by atoms with Crippen molar-refractivity contribution in [1.29, 1.82) is 0 Å². The number of allylic oxidation sites excluding steroid dienone is 2. The molecule has 0 saturated carbocycles. The standard InChI is InChI=1S/C11H12O4/c1-3-4-5-8(12)10-9(13)6-7(2)15-11(10)14/h4-6,13H,3H2,1-2H3/b5-4+. The Kier molecular flexibility index (Phi) is 3.44. The van der Waals surface area contributed by atoms with Crippen LogP contribution < -0.4 is 5.63 Å². The van der Waals surface area contributed by atoms with Crippen LogP contribution in [0.15, 0.2) is 27.4 Å². The number of aryl methyl sites for hydroxylation is 1. The van der Waals surface area contributed by atoms with Crippen LogP contribution in [0.25, 0.3) is 0 Å². The summed E-state index contributed by atoms with van der Waals surface area (Å²) in [6.45, 7) is 3.39. The Balaban J connectivity index is 3.21. The minimum Gasteiger partial charge on any atom is -0.507 e. The van der Waals surface area contributed by atoms with E-state index in [-0.39, 0.29) is 17.1 Å². The molecule has 1 aromatic rings. The van der Waals surface area contributed by atoms with Crippen LogP contribution in [0.1, 0.15) is 29.5 Å². The third-order valence-electron chi connectivity index (χ3n) is 1.81. The van der Waals surface area contributed by atoms with Crippen LogP contribution in [0.4, 0.5) is 0 Å². The van der Waals surface area contributed by atoms with Crippen molar-refractivity contribution in [3.05, 3.63) is 40.0 Å². The molecule has 1 heterocycles. The maximum atomic E-state index is 11.4. The highest BCUT2D eigenvalue weighted by atomic mass is 16.4. The molecule has 15 heavy (non-hydrogen) atoms. The molecule has 0 radical (unpaired) electrons. The van der Waals surface area contributed by atoms with E-state index in [4.69, 9.17) is 4.42 Å². The van der Waals surface area contributed by atoms with Crippen LogP contribution in [0.5, 0.6) is 5.75 Å². The first-order valence-corrected chi connectivity index (χ1v) is 4.60. The van der Waals surface area contributed by atoms with Crippen molar-refractivity contribution in [2.45, 2.75) is 20.3 Å². The molecule has 0 bridgehead atoms. The predicted molar refractivity (Wildman–Crippen MR) is 55.1 cm³/mol. The number of aromatic hydroxyl groups is 1. The zero-order valence-corrected chi connectivity index (χ0v) is 8.61. The second-order valence-corrected chi connectivity index (χ2v) is 3.08. The van der Waals surface area contributed by atoms with Crippen molar-refractivity contribution >= 4 is 5.78 Å². The lowest BCUT2D eigenvalue weighted by Crippen LogP contribution is -2.12. The summed E-state index contributed by atoms with van der Waals surface area (Å²) in [6.07, 6.45) is 3.55. The number of rotatable bonds is 3. The van der Waals surface area contributed by atoms with Gasteiger partial charge in [0.25, 0.3) is 0 Å². The molecule has 80 valence electrons. The van der Waals surface area contributed by atoms with E-state index >= 15 is 0 Å². The van der Waals surface area contributed by atoms with Crippen LogP contribution in [-0.4, -0.2) is 10.9 Å².